The van der Waals surface area contributed by atoms with Gasteiger partial charge in [-0.1, -0.05) is 19.9 Å². The van der Waals surface area contributed by atoms with Crippen molar-refractivity contribution in [2.75, 3.05) is 18.9 Å². The lowest BCUT2D eigenvalue weighted by atomic mass is 9.96. The van der Waals surface area contributed by atoms with E-state index in [4.69, 9.17) is 16.2 Å². The molecule has 0 aliphatic rings. The Bertz CT molecular complexity index is 696. The maximum absolute atomic E-state index is 13.1. The lowest BCUT2D eigenvalue weighted by Crippen LogP contribution is -2.42. The second kappa shape index (κ2) is 9.71. The Balaban J connectivity index is 3.02. The van der Waals surface area contributed by atoms with E-state index < -0.39 is 53.6 Å². The fourth-order valence-electron chi connectivity index (χ4n) is 2.28. The number of hydrogen-bond acceptors (Lipinski definition) is 8. The van der Waals surface area contributed by atoms with Gasteiger partial charge >= 0.3 is 18.1 Å². The van der Waals surface area contributed by atoms with Crippen LogP contribution in [0.3, 0.4) is 0 Å². The van der Waals surface area contributed by atoms with Crippen LogP contribution >= 0.6 is 0 Å². The predicted molar refractivity (Wildman–Crippen MR) is 91.6 cm³/mol. The summed E-state index contributed by atoms with van der Waals surface area (Å²) in [5.74, 6) is -3.19. The number of anilines is 1. The number of halogens is 3. The van der Waals surface area contributed by atoms with Crippen LogP contribution in [0, 0.1) is 5.92 Å². The lowest BCUT2D eigenvalue weighted by molar-refractivity contribution is -0.177. The van der Waals surface area contributed by atoms with Crippen LogP contribution in [0.5, 0.6) is 0 Å². The van der Waals surface area contributed by atoms with Gasteiger partial charge in [-0.25, -0.2) is 9.59 Å². The number of aliphatic hydroxyl groups excluding tert-OH is 2. The van der Waals surface area contributed by atoms with E-state index in [9.17, 15) is 33.0 Å². The first-order valence-corrected chi connectivity index (χ1v) is 8.30. The molecular weight excluding hydrogens is 385 g/mol. The smallest absolute Gasteiger partial charge is 0.418 e. The maximum atomic E-state index is 13.1. The Labute approximate surface area is 159 Å². The first-order chi connectivity index (χ1) is 12.9. The van der Waals surface area contributed by atoms with Gasteiger partial charge < -0.3 is 31.2 Å². The van der Waals surface area contributed by atoms with E-state index in [-0.39, 0.29) is 18.7 Å². The molecule has 8 nitrogen and oxygen atoms in total. The number of carbonyl (C=O) groups excluding carboxylic acids is 2. The standard InChI is InChI=1S/C17H23F3N2O6/c1-8(2)14(9-3-4-11(22)10(7-9)17(18,19)20)28-16(26)13(24)12(23)15(25)27-6-5-21/h3-4,7-8,12-14,23-24H,5-6,21-22H2,1-2H3. The minimum atomic E-state index is -4.71. The number of benzene rings is 1. The van der Waals surface area contributed by atoms with Gasteiger partial charge in [-0.2, -0.15) is 13.2 Å². The molecule has 0 radical (unpaired) electrons. The van der Waals surface area contributed by atoms with E-state index in [1.165, 1.54) is 6.07 Å². The third kappa shape index (κ3) is 6.08. The van der Waals surface area contributed by atoms with Crippen LogP contribution < -0.4 is 11.5 Å². The molecule has 0 heterocycles. The number of nitrogen functional groups attached to an aromatic ring is 1. The molecule has 0 amide bonds. The number of hydrogen-bond donors (Lipinski definition) is 4. The van der Waals surface area contributed by atoms with Gasteiger partial charge in [-0.15, -0.1) is 0 Å². The number of rotatable bonds is 8. The third-order valence-corrected chi connectivity index (χ3v) is 3.70. The van der Waals surface area contributed by atoms with Gasteiger partial charge in [-0.3, -0.25) is 0 Å². The second-order valence-corrected chi connectivity index (χ2v) is 6.29. The van der Waals surface area contributed by atoms with E-state index in [0.717, 1.165) is 12.1 Å². The molecule has 3 unspecified atom stereocenters. The van der Waals surface area contributed by atoms with E-state index >= 15 is 0 Å². The highest BCUT2D eigenvalue weighted by Gasteiger charge is 2.37. The van der Waals surface area contributed by atoms with Crippen LogP contribution in [0.2, 0.25) is 0 Å². The summed E-state index contributed by atoms with van der Waals surface area (Å²) in [6.45, 7) is 2.87. The van der Waals surface area contributed by atoms with E-state index in [1.54, 1.807) is 13.8 Å². The highest BCUT2D eigenvalue weighted by molar-refractivity contribution is 5.85. The molecule has 0 fully saturated rings. The molecular formula is C17H23F3N2O6. The Morgan fingerprint density at radius 3 is 2.21 bits per heavy atom. The van der Waals surface area contributed by atoms with Crippen molar-refractivity contribution in [1.82, 2.24) is 0 Å². The number of carbonyl (C=O) groups is 2. The lowest BCUT2D eigenvalue weighted by Gasteiger charge is -2.25. The SMILES string of the molecule is CC(C)C(OC(=O)C(O)C(O)C(=O)OCCN)c1ccc(N)c(C(F)(F)F)c1. The minimum absolute atomic E-state index is 0.0164. The third-order valence-electron chi connectivity index (χ3n) is 3.70. The molecule has 3 atom stereocenters. The number of esters is 2. The normalized spacial score (nSPS) is 15.0. The quantitative estimate of drug-likeness (QED) is 0.364. The average molecular weight is 408 g/mol. The maximum Gasteiger partial charge on any atom is 0.418 e. The molecule has 1 rings (SSSR count). The van der Waals surface area contributed by atoms with Gasteiger partial charge in [0.2, 0.25) is 0 Å². The molecule has 0 aliphatic carbocycles. The van der Waals surface area contributed by atoms with Crippen LogP contribution in [0.25, 0.3) is 0 Å². The Hall–Kier alpha value is -2.37. The highest BCUT2D eigenvalue weighted by Crippen LogP contribution is 2.37. The summed E-state index contributed by atoms with van der Waals surface area (Å²) in [5, 5.41) is 19.5. The number of ether oxygens (including phenoxy) is 2. The monoisotopic (exact) mass is 408 g/mol. The molecule has 0 bridgehead atoms. The van der Waals surface area contributed by atoms with Crippen molar-refractivity contribution >= 4 is 17.6 Å². The van der Waals surface area contributed by atoms with Gasteiger partial charge in [0.15, 0.2) is 12.2 Å². The van der Waals surface area contributed by atoms with Gasteiger partial charge in [0.1, 0.15) is 12.7 Å². The molecule has 0 aromatic heterocycles. The van der Waals surface area contributed by atoms with Crippen LogP contribution in [0.15, 0.2) is 18.2 Å². The Kier molecular flexibility index (Phi) is 8.21. The van der Waals surface area contributed by atoms with Crippen LogP contribution in [-0.2, 0) is 25.2 Å². The van der Waals surface area contributed by atoms with Crippen molar-refractivity contribution in [2.45, 2.75) is 38.3 Å². The Morgan fingerprint density at radius 2 is 1.71 bits per heavy atom. The molecule has 11 heteroatoms. The Morgan fingerprint density at radius 1 is 1.14 bits per heavy atom. The number of alkyl halides is 3. The molecule has 28 heavy (non-hydrogen) atoms. The molecule has 0 saturated carbocycles. The fourth-order valence-corrected chi connectivity index (χ4v) is 2.28. The molecule has 1 aromatic rings. The summed E-state index contributed by atoms with van der Waals surface area (Å²) in [7, 11) is 0. The summed E-state index contributed by atoms with van der Waals surface area (Å²) >= 11 is 0. The predicted octanol–water partition coefficient (Wildman–Crippen LogP) is 0.752. The van der Waals surface area contributed by atoms with Crippen molar-refractivity contribution in [2.24, 2.45) is 11.7 Å². The summed E-state index contributed by atoms with van der Waals surface area (Å²) in [5.41, 5.74) is 8.87. The summed E-state index contributed by atoms with van der Waals surface area (Å²) in [6.07, 6.45) is -10.4. The van der Waals surface area contributed by atoms with E-state index in [2.05, 4.69) is 4.74 Å². The molecule has 0 spiro atoms. The topological polar surface area (TPSA) is 145 Å². The minimum Gasteiger partial charge on any atom is -0.462 e. The van der Waals surface area contributed by atoms with Gasteiger partial charge in [0, 0.05) is 12.2 Å². The van der Waals surface area contributed by atoms with E-state index in [1.807, 2.05) is 0 Å². The summed E-state index contributed by atoms with van der Waals surface area (Å²) < 4.78 is 48.7. The molecule has 0 saturated heterocycles. The highest BCUT2D eigenvalue weighted by atomic mass is 19.4. The average Bonchev–Trinajstić information content (AvgIpc) is 2.62. The van der Waals surface area contributed by atoms with E-state index in [0.29, 0.717) is 0 Å². The van der Waals surface area contributed by atoms with Gasteiger partial charge in [0.25, 0.3) is 0 Å². The zero-order valence-electron chi connectivity index (χ0n) is 15.3. The molecule has 6 N–H and O–H groups in total. The van der Waals surface area contributed by atoms with Crippen molar-refractivity contribution < 1.29 is 42.4 Å². The largest absolute Gasteiger partial charge is 0.462 e. The summed E-state index contributed by atoms with van der Waals surface area (Å²) in [4.78, 5) is 23.6. The fraction of sp³-hybridized carbons (Fsp3) is 0.529. The van der Waals surface area contributed by atoms with Crippen LogP contribution in [-0.4, -0.2) is 47.5 Å². The van der Waals surface area contributed by atoms with Crippen molar-refractivity contribution in [3.05, 3.63) is 29.3 Å². The number of nitrogens with two attached hydrogens (primary N) is 2. The van der Waals surface area contributed by atoms with Crippen molar-refractivity contribution in [3.63, 3.8) is 0 Å². The van der Waals surface area contributed by atoms with Crippen molar-refractivity contribution in [1.29, 1.82) is 0 Å². The van der Waals surface area contributed by atoms with Gasteiger partial charge in [-0.05, 0) is 23.6 Å². The zero-order chi connectivity index (χ0) is 21.6. The molecule has 1 aromatic carbocycles. The first kappa shape index (κ1) is 23.7. The van der Waals surface area contributed by atoms with Crippen LogP contribution in [0.1, 0.15) is 31.1 Å². The van der Waals surface area contributed by atoms with Crippen LogP contribution in [0.4, 0.5) is 18.9 Å². The second-order valence-electron chi connectivity index (χ2n) is 6.29. The zero-order valence-corrected chi connectivity index (χ0v) is 15.3. The van der Waals surface area contributed by atoms with Crippen molar-refractivity contribution in [3.8, 4) is 0 Å². The molecule has 158 valence electrons. The number of aliphatic hydroxyl groups is 2. The molecule has 0 aliphatic heterocycles. The first-order valence-electron chi connectivity index (χ1n) is 8.30. The summed E-state index contributed by atoms with van der Waals surface area (Å²) in [6, 6.07) is 3.02. The van der Waals surface area contributed by atoms with Gasteiger partial charge in [0.05, 0.1) is 5.56 Å².